The standard InChI is InChI=1S/C13H24F4O3S/c1-11(12(2,14)21(18,19)20)9-7-5-3-4-6-8-10-13(15,16)17/h11H,3-10H2,1-2H3,(H,18,19,20)/p-1. The van der Waals surface area contributed by atoms with Crippen LogP contribution in [0.4, 0.5) is 17.6 Å². The number of halogens is 4. The highest BCUT2D eigenvalue weighted by molar-refractivity contribution is 7.87. The molecule has 0 fully saturated rings. The summed E-state index contributed by atoms with van der Waals surface area (Å²) in [6.45, 7) is 2.15. The Hall–Kier alpha value is -0.370. The second-order valence-electron chi connectivity index (χ2n) is 5.62. The summed E-state index contributed by atoms with van der Waals surface area (Å²) in [6.07, 6.45) is -1.40. The van der Waals surface area contributed by atoms with Gasteiger partial charge in [-0.3, -0.25) is 0 Å². The first-order chi connectivity index (χ1) is 9.38. The van der Waals surface area contributed by atoms with Gasteiger partial charge in [-0.2, -0.15) is 13.2 Å². The zero-order chi connectivity index (χ0) is 16.7. The quantitative estimate of drug-likeness (QED) is 0.335. The van der Waals surface area contributed by atoms with Gasteiger partial charge >= 0.3 is 6.18 Å². The molecule has 0 aliphatic carbocycles. The van der Waals surface area contributed by atoms with Gasteiger partial charge in [-0.05, 0) is 19.8 Å². The van der Waals surface area contributed by atoms with Crippen LogP contribution in [-0.2, 0) is 10.1 Å². The van der Waals surface area contributed by atoms with Gasteiger partial charge in [0.1, 0.15) is 10.1 Å². The zero-order valence-corrected chi connectivity index (χ0v) is 13.2. The van der Waals surface area contributed by atoms with Gasteiger partial charge in [-0.25, -0.2) is 12.8 Å². The van der Waals surface area contributed by atoms with Gasteiger partial charge in [0.2, 0.25) is 0 Å². The average molecular weight is 335 g/mol. The van der Waals surface area contributed by atoms with E-state index in [1.54, 1.807) is 0 Å². The van der Waals surface area contributed by atoms with E-state index in [2.05, 4.69) is 0 Å². The van der Waals surface area contributed by atoms with Crippen molar-refractivity contribution in [3.8, 4) is 0 Å². The first kappa shape index (κ1) is 20.6. The summed E-state index contributed by atoms with van der Waals surface area (Å²) in [5.41, 5.74) is 0. The normalized spacial score (nSPS) is 17.5. The molecule has 2 unspecified atom stereocenters. The van der Waals surface area contributed by atoms with E-state index in [0.717, 1.165) is 13.3 Å². The number of alkyl halides is 4. The molecule has 0 aliphatic heterocycles. The van der Waals surface area contributed by atoms with E-state index in [4.69, 9.17) is 0 Å². The Kier molecular flexibility index (Phi) is 8.17. The third kappa shape index (κ3) is 8.60. The van der Waals surface area contributed by atoms with Crippen molar-refractivity contribution in [3.05, 3.63) is 0 Å². The summed E-state index contributed by atoms with van der Waals surface area (Å²) >= 11 is 0. The Bertz CT molecular complexity index is 391. The second-order valence-corrected chi connectivity index (χ2v) is 7.32. The number of hydrogen-bond acceptors (Lipinski definition) is 3. The molecule has 0 aromatic heterocycles. The van der Waals surface area contributed by atoms with Crippen molar-refractivity contribution in [3.63, 3.8) is 0 Å². The molecule has 0 radical (unpaired) electrons. The summed E-state index contributed by atoms with van der Waals surface area (Å²) < 4.78 is 81.7. The molecule has 3 nitrogen and oxygen atoms in total. The SMILES string of the molecule is CC(CCCCCCCCC(F)(F)F)C(C)(F)S(=O)(=O)[O-]. The minimum atomic E-state index is -4.99. The second kappa shape index (κ2) is 8.31. The van der Waals surface area contributed by atoms with Gasteiger partial charge < -0.3 is 4.55 Å². The molecule has 0 aliphatic rings. The van der Waals surface area contributed by atoms with Crippen LogP contribution in [0, 0.1) is 5.92 Å². The first-order valence-electron chi connectivity index (χ1n) is 7.09. The van der Waals surface area contributed by atoms with Crippen molar-refractivity contribution in [2.75, 3.05) is 0 Å². The van der Waals surface area contributed by atoms with Gasteiger partial charge in [0.05, 0.1) is 0 Å². The Labute approximate surface area is 123 Å². The molecular formula is C13H23F4O3S-. The molecule has 21 heavy (non-hydrogen) atoms. The van der Waals surface area contributed by atoms with E-state index in [1.807, 2.05) is 0 Å². The summed E-state index contributed by atoms with van der Waals surface area (Å²) in [5, 5.41) is -2.78. The third-order valence-corrected chi connectivity index (χ3v) is 5.10. The highest BCUT2D eigenvalue weighted by Gasteiger charge is 2.37. The van der Waals surface area contributed by atoms with Crippen LogP contribution >= 0.6 is 0 Å². The minimum absolute atomic E-state index is 0.108. The van der Waals surface area contributed by atoms with Crippen LogP contribution in [0.2, 0.25) is 0 Å². The molecule has 128 valence electrons. The molecule has 0 heterocycles. The molecule has 0 bridgehead atoms. The summed E-state index contributed by atoms with van der Waals surface area (Å²) in [6, 6.07) is 0. The molecule has 8 heteroatoms. The maximum Gasteiger partial charge on any atom is 0.389 e. The summed E-state index contributed by atoms with van der Waals surface area (Å²) in [7, 11) is -4.99. The molecule has 0 rings (SSSR count). The monoisotopic (exact) mass is 335 g/mol. The minimum Gasteiger partial charge on any atom is -0.745 e. The predicted octanol–water partition coefficient (Wildman–Crippen LogP) is 4.54. The predicted molar refractivity (Wildman–Crippen MR) is 71.4 cm³/mol. The Morgan fingerprint density at radius 2 is 1.38 bits per heavy atom. The van der Waals surface area contributed by atoms with Gasteiger partial charge in [0.25, 0.3) is 0 Å². The van der Waals surface area contributed by atoms with Crippen LogP contribution in [0.15, 0.2) is 0 Å². The van der Waals surface area contributed by atoms with Crippen LogP contribution in [-0.4, -0.2) is 24.1 Å². The largest absolute Gasteiger partial charge is 0.745 e. The molecule has 0 aromatic carbocycles. The van der Waals surface area contributed by atoms with Crippen molar-refractivity contribution in [1.29, 1.82) is 0 Å². The van der Waals surface area contributed by atoms with Gasteiger partial charge in [-0.15, -0.1) is 0 Å². The summed E-state index contributed by atoms with van der Waals surface area (Å²) in [4.78, 5) is 0. The van der Waals surface area contributed by atoms with Crippen molar-refractivity contribution in [2.24, 2.45) is 5.92 Å². The number of rotatable bonds is 10. The molecule has 0 spiro atoms. The van der Waals surface area contributed by atoms with E-state index in [9.17, 15) is 30.5 Å². The molecule has 0 saturated carbocycles. The van der Waals surface area contributed by atoms with Crippen molar-refractivity contribution < 1.29 is 30.5 Å². The zero-order valence-electron chi connectivity index (χ0n) is 12.4. The lowest BCUT2D eigenvalue weighted by Crippen LogP contribution is -2.37. The average Bonchev–Trinajstić information content (AvgIpc) is 2.29. The highest BCUT2D eigenvalue weighted by atomic mass is 32.2. The van der Waals surface area contributed by atoms with Crippen molar-refractivity contribution >= 4 is 10.1 Å². The maximum atomic E-state index is 13.8. The van der Waals surface area contributed by atoms with Gasteiger partial charge in [0, 0.05) is 12.3 Å². The van der Waals surface area contributed by atoms with Crippen molar-refractivity contribution in [1.82, 2.24) is 0 Å². The van der Waals surface area contributed by atoms with Gasteiger partial charge in [-0.1, -0.05) is 39.0 Å². The van der Waals surface area contributed by atoms with E-state index >= 15 is 0 Å². The van der Waals surface area contributed by atoms with E-state index in [0.29, 0.717) is 25.7 Å². The third-order valence-electron chi connectivity index (χ3n) is 3.72. The van der Waals surface area contributed by atoms with E-state index < -0.39 is 33.6 Å². The molecule has 0 amide bonds. The lowest BCUT2D eigenvalue weighted by molar-refractivity contribution is -0.135. The molecule has 0 N–H and O–H groups in total. The molecular weight excluding hydrogens is 312 g/mol. The fraction of sp³-hybridized carbons (Fsp3) is 1.00. The van der Waals surface area contributed by atoms with Gasteiger partial charge in [0.15, 0.2) is 5.00 Å². The maximum absolute atomic E-state index is 13.8. The molecule has 2 atom stereocenters. The lowest BCUT2D eigenvalue weighted by atomic mass is 9.98. The number of unbranched alkanes of at least 4 members (excludes halogenated alkanes) is 5. The van der Waals surface area contributed by atoms with Crippen LogP contribution in [0.1, 0.15) is 65.2 Å². The van der Waals surface area contributed by atoms with Crippen LogP contribution < -0.4 is 0 Å². The molecule has 0 saturated heterocycles. The topological polar surface area (TPSA) is 57.2 Å². The fourth-order valence-corrected chi connectivity index (χ4v) is 2.60. The van der Waals surface area contributed by atoms with Crippen LogP contribution in [0.25, 0.3) is 0 Å². The lowest BCUT2D eigenvalue weighted by Gasteiger charge is -2.30. The fourth-order valence-electron chi connectivity index (χ4n) is 1.99. The first-order valence-corrected chi connectivity index (χ1v) is 8.50. The smallest absolute Gasteiger partial charge is 0.389 e. The van der Waals surface area contributed by atoms with Crippen LogP contribution in [0.3, 0.4) is 0 Å². The molecule has 0 aromatic rings. The van der Waals surface area contributed by atoms with Crippen molar-refractivity contribution in [2.45, 2.75) is 76.4 Å². The number of hydrogen-bond donors (Lipinski definition) is 0. The van der Waals surface area contributed by atoms with E-state index in [1.165, 1.54) is 6.92 Å². The Morgan fingerprint density at radius 3 is 1.81 bits per heavy atom. The Morgan fingerprint density at radius 1 is 0.952 bits per heavy atom. The van der Waals surface area contributed by atoms with Crippen LogP contribution in [0.5, 0.6) is 0 Å². The Balaban J connectivity index is 3.73. The van der Waals surface area contributed by atoms with E-state index in [-0.39, 0.29) is 12.8 Å². The summed E-state index contributed by atoms with van der Waals surface area (Å²) in [5.74, 6) is -0.898. The highest BCUT2D eigenvalue weighted by Crippen LogP contribution is 2.31.